The maximum Gasteiger partial charge on any atom is 0.193 e. The lowest BCUT2D eigenvalue weighted by Gasteiger charge is -2.24. The normalized spacial score (nSPS) is 23.6. The summed E-state index contributed by atoms with van der Waals surface area (Å²) >= 11 is 0. The minimum Gasteiger partial charge on any atom is -0.381 e. The highest BCUT2D eigenvalue weighted by Crippen LogP contribution is 2.38. The van der Waals surface area contributed by atoms with Crippen LogP contribution in [0.5, 0.6) is 0 Å². The van der Waals surface area contributed by atoms with Gasteiger partial charge in [0.2, 0.25) is 0 Å². The molecule has 138 valence electrons. The highest BCUT2D eigenvalue weighted by molar-refractivity contribution is 5.80. The number of ether oxygens (including phenoxy) is 2. The molecule has 2 fully saturated rings. The van der Waals surface area contributed by atoms with E-state index in [1.54, 1.807) is 0 Å². The highest BCUT2D eigenvalue weighted by Gasteiger charge is 2.42. The summed E-state index contributed by atoms with van der Waals surface area (Å²) in [4.78, 5) is 6.85. The summed E-state index contributed by atoms with van der Waals surface area (Å²) in [5, 5.41) is 3.51. The summed E-state index contributed by atoms with van der Waals surface area (Å²) in [5.41, 5.74) is 1.61. The molecule has 1 aromatic carbocycles. The van der Waals surface area contributed by atoms with Gasteiger partial charge in [-0.05, 0) is 31.2 Å². The Morgan fingerprint density at radius 2 is 2.16 bits per heavy atom. The Balaban J connectivity index is 1.27. The number of unbranched alkanes of at least 4 members (excludes halogenated alkanes) is 1. The van der Waals surface area contributed by atoms with Crippen molar-refractivity contribution in [3.05, 3.63) is 35.9 Å². The van der Waals surface area contributed by atoms with Crippen molar-refractivity contribution in [3.63, 3.8) is 0 Å². The number of guanidine groups is 1. The monoisotopic (exact) mass is 345 g/mol. The largest absolute Gasteiger partial charge is 0.381 e. The van der Waals surface area contributed by atoms with Gasteiger partial charge in [0.1, 0.15) is 0 Å². The number of nitrogens with zero attached hydrogens (tertiary/aromatic N) is 2. The summed E-state index contributed by atoms with van der Waals surface area (Å²) in [5.74, 6) is 1.04. The predicted molar refractivity (Wildman–Crippen MR) is 101 cm³/mol. The van der Waals surface area contributed by atoms with Crippen LogP contribution in [0.2, 0.25) is 0 Å². The summed E-state index contributed by atoms with van der Waals surface area (Å²) in [6.07, 6.45) is 4.57. The van der Waals surface area contributed by atoms with Crippen molar-refractivity contribution >= 4 is 5.96 Å². The number of hydrogen-bond acceptors (Lipinski definition) is 3. The molecule has 1 spiro atoms. The molecule has 1 aromatic rings. The Morgan fingerprint density at radius 1 is 1.28 bits per heavy atom. The quantitative estimate of drug-likeness (QED) is 0.469. The maximum atomic E-state index is 5.73. The van der Waals surface area contributed by atoms with Gasteiger partial charge in [-0.2, -0.15) is 0 Å². The maximum absolute atomic E-state index is 5.73. The second-order valence-electron chi connectivity index (χ2n) is 7.19. The van der Waals surface area contributed by atoms with E-state index < -0.39 is 0 Å². The van der Waals surface area contributed by atoms with Crippen molar-refractivity contribution in [1.29, 1.82) is 0 Å². The van der Waals surface area contributed by atoms with Crippen molar-refractivity contribution in [1.82, 2.24) is 10.2 Å². The summed E-state index contributed by atoms with van der Waals surface area (Å²) in [6.45, 7) is 6.45. The van der Waals surface area contributed by atoms with Crippen LogP contribution in [0.25, 0.3) is 0 Å². The molecule has 0 bridgehead atoms. The lowest BCUT2D eigenvalue weighted by atomic mass is 9.87. The van der Waals surface area contributed by atoms with Gasteiger partial charge in [0, 0.05) is 45.3 Å². The molecule has 0 aliphatic carbocycles. The van der Waals surface area contributed by atoms with Gasteiger partial charge in [-0.1, -0.05) is 30.3 Å². The van der Waals surface area contributed by atoms with E-state index in [-0.39, 0.29) is 0 Å². The first-order chi connectivity index (χ1) is 12.3. The van der Waals surface area contributed by atoms with Crippen molar-refractivity contribution in [2.75, 3.05) is 46.5 Å². The fraction of sp³-hybridized carbons (Fsp3) is 0.650. The molecule has 0 saturated carbocycles. The molecule has 1 N–H and O–H groups in total. The SMILES string of the molecule is CN=C(NCCCCOCc1ccccc1)N1CCC2(CCOC2)C1. The number of likely N-dealkylation sites (tertiary alicyclic amines) is 1. The third-order valence-electron chi connectivity index (χ3n) is 5.24. The molecule has 2 heterocycles. The lowest BCUT2D eigenvalue weighted by molar-refractivity contribution is 0.117. The molecule has 0 radical (unpaired) electrons. The minimum absolute atomic E-state index is 0.378. The predicted octanol–water partition coefficient (Wildman–Crippen LogP) is 2.67. The van der Waals surface area contributed by atoms with Crippen LogP contribution in [-0.4, -0.2) is 57.4 Å². The Hall–Kier alpha value is -1.59. The first-order valence-electron chi connectivity index (χ1n) is 9.46. The number of rotatable bonds is 7. The Morgan fingerprint density at radius 3 is 2.92 bits per heavy atom. The van der Waals surface area contributed by atoms with Crippen LogP contribution < -0.4 is 5.32 Å². The zero-order chi connectivity index (χ0) is 17.4. The molecular formula is C20H31N3O2. The van der Waals surface area contributed by atoms with Crippen LogP contribution in [0.15, 0.2) is 35.3 Å². The van der Waals surface area contributed by atoms with Gasteiger partial charge in [0.05, 0.1) is 13.2 Å². The summed E-state index contributed by atoms with van der Waals surface area (Å²) in [7, 11) is 1.88. The first kappa shape index (κ1) is 18.2. The Bertz CT molecular complexity index is 541. The molecule has 5 nitrogen and oxygen atoms in total. The van der Waals surface area contributed by atoms with Gasteiger partial charge in [0.25, 0.3) is 0 Å². The van der Waals surface area contributed by atoms with Crippen LogP contribution in [0.1, 0.15) is 31.2 Å². The van der Waals surface area contributed by atoms with Crippen LogP contribution in [0, 0.1) is 5.41 Å². The molecule has 2 aliphatic rings. The van der Waals surface area contributed by atoms with E-state index in [4.69, 9.17) is 9.47 Å². The number of benzene rings is 1. The average molecular weight is 345 g/mol. The zero-order valence-electron chi connectivity index (χ0n) is 15.4. The second kappa shape index (κ2) is 9.20. The topological polar surface area (TPSA) is 46.1 Å². The van der Waals surface area contributed by atoms with Gasteiger partial charge in [0.15, 0.2) is 5.96 Å². The highest BCUT2D eigenvalue weighted by atomic mass is 16.5. The van der Waals surface area contributed by atoms with Gasteiger partial charge in [-0.15, -0.1) is 0 Å². The van der Waals surface area contributed by atoms with E-state index in [1.165, 1.54) is 18.4 Å². The van der Waals surface area contributed by atoms with Gasteiger partial charge >= 0.3 is 0 Å². The Kier molecular flexibility index (Phi) is 6.70. The van der Waals surface area contributed by atoms with Gasteiger partial charge in [-0.3, -0.25) is 4.99 Å². The molecule has 2 aliphatic heterocycles. The third kappa shape index (κ3) is 5.19. The van der Waals surface area contributed by atoms with E-state index in [0.29, 0.717) is 12.0 Å². The summed E-state index contributed by atoms with van der Waals surface area (Å²) in [6, 6.07) is 10.3. The average Bonchev–Trinajstić information content (AvgIpc) is 3.28. The van der Waals surface area contributed by atoms with Crippen LogP contribution >= 0.6 is 0 Å². The number of nitrogens with one attached hydrogen (secondary N) is 1. The summed E-state index contributed by atoms with van der Waals surface area (Å²) < 4.78 is 11.3. The second-order valence-corrected chi connectivity index (χ2v) is 7.19. The lowest BCUT2D eigenvalue weighted by Crippen LogP contribution is -2.41. The van der Waals surface area contributed by atoms with Crippen molar-refractivity contribution < 1.29 is 9.47 Å². The van der Waals surface area contributed by atoms with Gasteiger partial charge in [-0.25, -0.2) is 0 Å². The fourth-order valence-electron chi connectivity index (χ4n) is 3.71. The molecule has 25 heavy (non-hydrogen) atoms. The molecule has 5 heteroatoms. The van der Waals surface area contributed by atoms with Gasteiger partial charge < -0.3 is 19.7 Å². The van der Waals surface area contributed by atoms with E-state index in [9.17, 15) is 0 Å². The first-order valence-corrected chi connectivity index (χ1v) is 9.46. The molecule has 0 amide bonds. The number of hydrogen-bond donors (Lipinski definition) is 1. The minimum atomic E-state index is 0.378. The van der Waals surface area contributed by atoms with Crippen molar-refractivity contribution in [2.24, 2.45) is 10.4 Å². The van der Waals surface area contributed by atoms with E-state index in [2.05, 4.69) is 39.5 Å². The van der Waals surface area contributed by atoms with Crippen LogP contribution in [-0.2, 0) is 16.1 Å². The van der Waals surface area contributed by atoms with E-state index in [1.807, 2.05) is 13.1 Å². The molecule has 2 saturated heterocycles. The molecule has 1 unspecified atom stereocenters. The fourth-order valence-corrected chi connectivity index (χ4v) is 3.71. The standard InChI is InChI=1S/C20H31N3O2/c1-21-19(23-12-9-20(16-23)10-14-25-17-20)22-11-5-6-13-24-15-18-7-3-2-4-8-18/h2-4,7-8H,5-6,9-17H2,1H3,(H,21,22). The molecule has 3 rings (SSSR count). The zero-order valence-corrected chi connectivity index (χ0v) is 15.4. The van der Waals surface area contributed by atoms with Crippen molar-refractivity contribution in [2.45, 2.75) is 32.3 Å². The molecule has 0 aromatic heterocycles. The van der Waals surface area contributed by atoms with Crippen LogP contribution in [0.4, 0.5) is 0 Å². The van der Waals surface area contributed by atoms with E-state index >= 15 is 0 Å². The van der Waals surface area contributed by atoms with E-state index in [0.717, 1.165) is 58.3 Å². The molecule has 1 atom stereocenters. The van der Waals surface area contributed by atoms with Crippen molar-refractivity contribution in [3.8, 4) is 0 Å². The smallest absolute Gasteiger partial charge is 0.193 e. The number of aliphatic imine (C=N–C) groups is 1. The van der Waals surface area contributed by atoms with Crippen LogP contribution in [0.3, 0.4) is 0 Å². The third-order valence-corrected chi connectivity index (χ3v) is 5.24. The molecular weight excluding hydrogens is 314 g/mol. The Labute approximate surface area is 151 Å².